The lowest BCUT2D eigenvalue weighted by Gasteiger charge is -2.18. The Kier molecular flexibility index (Phi) is 5.92. The van der Waals surface area contributed by atoms with Crippen molar-refractivity contribution in [2.75, 3.05) is 19.7 Å². The first-order chi connectivity index (χ1) is 11.7. The number of benzene rings is 1. The van der Waals surface area contributed by atoms with Crippen molar-refractivity contribution in [1.29, 1.82) is 0 Å². The summed E-state index contributed by atoms with van der Waals surface area (Å²) in [7, 11) is 0. The normalized spacial score (nSPS) is 20.6. The third-order valence-electron chi connectivity index (χ3n) is 4.14. The number of halogens is 3. The molecule has 1 aromatic rings. The van der Waals surface area contributed by atoms with Gasteiger partial charge in [-0.15, -0.1) is 0 Å². The highest BCUT2D eigenvalue weighted by Crippen LogP contribution is 2.37. The molecule has 1 aromatic carbocycles. The van der Waals surface area contributed by atoms with Gasteiger partial charge in [0.1, 0.15) is 5.75 Å². The maximum Gasteiger partial charge on any atom is 0.394 e. The van der Waals surface area contributed by atoms with Gasteiger partial charge in [-0.1, -0.05) is 19.1 Å². The van der Waals surface area contributed by atoms with Gasteiger partial charge in [0.2, 0.25) is 5.91 Å². The van der Waals surface area contributed by atoms with Gasteiger partial charge >= 0.3 is 12.1 Å². The molecule has 0 radical (unpaired) electrons. The van der Waals surface area contributed by atoms with Gasteiger partial charge in [-0.3, -0.25) is 9.59 Å². The third-order valence-corrected chi connectivity index (χ3v) is 4.14. The van der Waals surface area contributed by atoms with Gasteiger partial charge in [0, 0.05) is 13.1 Å². The van der Waals surface area contributed by atoms with Crippen LogP contribution in [0, 0.1) is 11.8 Å². The lowest BCUT2D eigenvalue weighted by Crippen LogP contribution is -2.34. The number of carbonyl (C=O) groups excluding carboxylic acids is 1. The van der Waals surface area contributed by atoms with E-state index in [0.29, 0.717) is 17.9 Å². The number of nitrogens with zero attached hydrogens (tertiary/aromatic N) is 1. The molecule has 0 spiro atoms. The number of ether oxygens (including phenoxy) is 1. The van der Waals surface area contributed by atoms with Gasteiger partial charge in [0.05, 0.1) is 24.9 Å². The summed E-state index contributed by atoms with van der Waals surface area (Å²) in [5, 5.41) is 9.00. The van der Waals surface area contributed by atoms with E-state index in [4.69, 9.17) is 9.84 Å². The van der Waals surface area contributed by atoms with Crippen molar-refractivity contribution >= 4 is 11.9 Å². The number of likely N-dealkylation sites (tertiary alicyclic amines) is 1. The van der Waals surface area contributed by atoms with E-state index < -0.39 is 43.0 Å². The summed E-state index contributed by atoms with van der Waals surface area (Å²) in [6.07, 6.45) is -3.92. The van der Waals surface area contributed by atoms with Gasteiger partial charge in [0.15, 0.2) is 0 Å². The average Bonchev–Trinajstić information content (AvgIpc) is 2.99. The summed E-state index contributed by atoms with van der Waals surface area (Å²) in [6, 6.07) is 6.79. The third kappa shape index (κ3) is 4.87. The molecule has 0 bridgehead atoms. The minimum atomic E-state index is -4.65. The number of carboxylic acids is 1. The molecule has 2 rings (SSSR count). The van der Waals surface area contributed by atoms with Crippen molar-refractivity contribution in [2.45, 2.75) is 25.9 Å². The minimum absolute atomic E-state index is 0.0970. The van der Waals surface area contributed by atoms with E-state index in [1.165, 1.54) is 0 Å². The lowest BCUT2D eigenvalue weighted by atomic mass is 9.96. The number of hydrogen-bond donors (Lipinski definition) is 1. The molecule has 5 nitrogen and oxygen atoms in total. The number of carboxylic acid groups (broad SMARTS) is 1. The van der Waals surface area contributed by atoms with Crippen LogP contribution in [0.25, 0.3) is 0 Å². The molecule has 2 atom stereocenters. The highest BCUT2D eigenvalue weighted by Gasteiger charge is 2.53. The summed E-state index contributed by atoms with van der Waals surface area (Å²) in [6.45, 7) is 1.43. The molecule has 0 unspecified atom stereocenters. The van der Waals surface area contributed by atoms with Crippen LogP contribution < -0.4 is 4.74 Å². The van der Waals surface area contributed by atoms with E-state index in [1.807, 2.05) is 6.92 Å². The molecule has 1 N–H and O–H groups in total. The second kappa shape index (κ2) is 7.76. The summed E-state index contributed by atoms with van der Waals surface area (Å²) >= 11 is 0. The zero-order valence-corrected chi connectivity index (χ0v) is 13.8. The second-order valence-corrected chi connectivity index (χ2v) is 6.06. The first kappa shape index (κ1) is 19.1. The van der Waals surface area contributed by atoms with E-state index in [2.05, 4.69) is 0 Å². The Hall–Kier alpha value is -2.25. The SMILES string of the molecule is CCCOc1cccc(CC(=O)N2C[C@@H](C(F)(F)F)[C@H](C(=O)O)C2)c1. The van der Waals surface area contributed by atoms with E-state index in [1.54, 1.807) is 24.3 Å². The molecular weight excluding hydrogens is 339 g/mol. The Balaban J connectivity index is 2.05. The van der Waals surface area contributed by atoms with Crippen LogP contribution in [0.5, 0.6) is 5.75 Å². The molecule has 25 heavy (non-hydrogen) atoms. The van der Waals surface area contributed by atoms with Gasteiger partial charge in [-0.2, -0.15) is 13.2 Å². The zero-order valence-electron chi connectivity index (χ0n) is 13.8. The van der Waals surface area contributed by atoms with Crippen LogP contribution in [-0.4, -0.2) is 47.8 Å². The van der Waals surface area contributed by atoms with Crippen LogP contribution in [0.4, 0.5) is 13.2 Å². The smallest absolute Gasteiger partial charge is 0.394 e. The molecule has 138 valence electrons. The van der Waals surface area contributed by atoms with E-state index in [0.717, 1.165) is 11.3 Å². The van der Waals surface area contributed by atoms with Gasteiger partial charge in [-0.05, 0) is 24.1 Å². The standard InChI is InChI=1S/C17H20F3NO4/c1-2-6-25-12-5-3-4-11(7-12)8-15(22)21-9-13(16(23)24)14(10-21)17(18,19)20/h3-5,7,13-14H,2,6,8-10H2,1H3,(H,23,24)/t13-,14-/m1/s1. The van der Waals surface area contributed by atoms with E-state index >= 15 is 0 Å². The molecule has 0 saturated carbocycles. The van der Waals surface area contributed by atoms with Gasteiger partial charge in [-0.25, -0.2) is 0 Å². The predicted octanol–water partition coefficient (Wildman–Crippen LogP) is 2.74. The predicted molar refractivity (Wildman–Crippen MR) is 83.2 cm³/mol. The number of hydrogen-bond acceptors (Lipinski definition) is 3. The summed E-state index contributed by atoms with van der Waals surface area (Å²) < 4.78 is 44.4. The highest BCUT2D eigenvalue weighted by atomic mass is 19.4. The molecule has 8 heteroatoms. The number of amides is 1. The topological polar surface area (TPSA) is 66.8 Å². The molecule has 1 saturated heterocycles. The first-order valence-corrected chi connectivity index (χ1v) is 8.01. The molecule has 1 aliphatic rings. The number of alkyl halides is 3. The molecule has 1 amide bonds. The van der Waals surface area contributed by atoms with E-state index in [9.17, 15) is 22.8 Å². The first-order valence-electron chi connectivity index (χ1n) is 8.01. The van der Waals surface area contributed by atoms with Crippen molar-refractivity contribution in [3.63, 3.8) is 0 Å². The van der Waals surface area contributed by atoms with Crippen LogP contribution in [0.1, 0.15) is 18.9 Å². The molecule has 0 aliphatic carbocycles. The molecule has 1 heterocycles. The fraction of sp³-hybridized carbons (Fsp3) is 0.529. The Morgan fingerprint density at radius 2 is 2.04 bits per heavy atom. The largest absolute Gasteiger partial charge is 0.494 e. The molecule has 1 fully saturated rings. The fourth-order valence-electron chi connectivity index (χ4n) is 2.84. The maximum atomic E-state index is 13.0. The Morgan fingerprint density at radius 3 is 2.60 bits per heavy atom. The minimum Gasteiger partial charge on any atom is -0.494 e. The lowest BCUT2D eigenvalue weighted by molar-refractivity contribution is -0.188. The van der Waals surface area contributed by atoms with E-state index in [-0.39, 0.29) is 6.42 Å². The highest BCUT2D eigenvalue weighted by molar-refractivity contribution is 5.81. The molecular formula is C17H20F3NO4. The van der Waals surface area contributed by atoms with Crippen LogP contribution in [0.2, 0.25) is 0 Å². The van der Waals surface area contributed by atoms with Crippen LogP contribution in [-0.2, 0) is 16.0 Å². The molecule has 0 aromatic heterocycles. The quantitative estimate of drug-likeness (QED) is 0.848. The van der Waals surface area contributed by atoms with Crippen LogP contribution in [0.3, 0.4) is 0 Å². The summed E-state index contributed by atoms with van der Waals surface area (Å²) in [5.41, 5.74) is 0.612. The van der Waals surface area contributed by atoms with Crippen molar-refractivity contribution in [1.82, 2.24) is 4.90 Å². The van der Waals surface area contributed by atoms with Gasteiger partial charge in [0.25, 0.3) is 0 Å². The summed E-state index contributed by atoms with van der Waals surface area (Å²) in [4.78, 5) is 24.4. The van der Waals surface area contributed by atoms with Crippen molar-refractivity contribution in [3.8, 4) is 5.75 Å². The van der Waals surface area contributed by atoms with Crippen LogP contribution >= 0.6 is 0 Å². The average molecular weight is 359 g/mol. The summed E-state index contributed by atoms with van der Waals surface area (Å²) in [5.74, 6) is -5.13. The van der Waals surface area contributed by atoms with Gasteiger partial charge < -0.3 is 14.7 Å². The number of aliphatic carboxylic acids is 1. The fourth-order valence-corrected chi connectivity index (χ4v) is 2.84. The Bertz CT molecular complexity index is 633. The second-order valence-electron chi connectivity index (χ2n) is 6.06. The van der Waals surface area contributed by atoms with Crippen molar-refractivity contribution < 1.29 is 32.6 Å². The zero-order chi connectivity index (χ0) is 18.6. The van der Waals surface area contributed by atoms with Crippen molar-refractivity contribution in [3.05, 3.63) is 29.8 Å². The Morgan fingerprint density at radius 1 is 1.32 bits per heavy atom. The molecule has 1 aliphatic heterocycles. The van der Waals surface area contributed by atoms with Crippen molar-refractivity contribution in [2.24, 2.45) is 11.8 Å². The Labute approximate surface area is 143 Å². The van der Waals surface area contributed by atoms with Crippen LogP contribution in [0.15, 0.2) is 24.3 Å². The maximum absolute atomic E-state index is 13.0. The number of rotatable bonds is 6. The monoisotopic (exact) mass is 359 g/mol. The number of carbonyl (C=O) groups is 2.